The van der Waals surface area contributed by atoms with Crippen LogP contribution in [0.5, 0.6) is 0 Å². The van der Waals surface area contributed by atoms with E-state index in [-0.39, 0.29) is 0 Å². The summed E-state index contributed by atoms with van der Waals surface area (Å²) in [6.45, 7) is 1.10. The Balaban J connectivity index is 1.65. The Morgan fingerprint density at radius 2 is 1.74 bits per heavy atom. The maximum atomic E-state index is 10.2. The van der Waals surface area contributed by atoms with Gasteiger partial charge in [0.1, 0.15) is 0 Å². The third-order valence-corrected chi connectivity index (χ3v) is 3.60. The summed E-state index contributed by atoms with van der Waals surface area (Å²) in [7, 11) is 1.90. The number of aliphatic hydroxyl groups is 1. The van der Waals surface area contributed by atoms with Gasteiger partial charge in [0.15, 0.2) is 0 Å². The van der Waals surface area contributed by atoms with E-state index in [1.165, 1.54) is 0 Å². The summed E-state index contributed by atoms with van der Waals surface area (Å²) in [5.41, 5.74) is 3.90. The van der Waals surface area contributed by atoms with Crippen molar-refractivity contribution in [3.8, 4) is 11.3 Å². The minimum Gasteiger partial charge on any atom is -0.387 e. The molecule has 0 bridgehead atoms. The van der Waals surface area contributed by atoms with E-state index in [9.17, 15) is 5.11 Å². The first-order valence-electron chi connectivity index (χ1n) is 7.45. The zero-order valence-electron chi connectivity index (χ0n) is 12.9. The molecule has 0 spiro atoms. The van der Waals surface area contributed by atoms with Gasteiger partial charge in [-0.15, -0.1) is 0 Å². The lowest BCUT2D eigenvalue weighted by Gasteiger charge is -2.12. The zero-order chi connectivity index (χ0) is 16.1. The Bertz CT molecular complexity index is 742. The van der Waals surface area contributed by atoms with Crippen molar-refractivity contribution in [2.24, 2.45) is 7.05 Å². The highest BCUT2D eigenvalue weighted by atomic mass is 16.3. The molecule has 23 heavy (non-hydrogen) atoms. The van der Waals surface area contributed by atoms with E-state index in [1.54, 1.807) is 29.5 Å². The maximum Gasteiger partial charge on any atom is 0.0969 e. The summed E-state index contributed by atoms with van der Waals surface area (Å²) in [6.07, 6.45) is 8.31. The lowest BCUT2D eigenvalue weighted by molar-refractivity contribution is 0.174. The molecule has 3 rings (SSSR count). The van der Waals surface area contributed by atoms with Gasteiger partial charge < -0.3 is 10.4 Å². The van der Waals surface area contributed by atoms with Crippen LogP contribution in [0, 0.1) is 0 Å². The molecule has 0 aliphatic rings. The van der Waals surface area contributed by atoms with E-state index in [1.807, 2.05) is 37.5 Å². The molecule has 0 radical (unpaired) electrons. The van der Waals surface area contributed by atoms with Gasteiger partial charge in [0.05, 0.1) is 11.8 Å². The van der Waals surface area contributed by atoms with Crippen LogP contribution in [0.1, 0.15) is 17.2 Å². The summed E-state index contributed by atoms with van der Waals surface area (Å²) in [4.78, 5) is 7.99. The Labute approximate surface area is 134 Å². The summed E-state index contributed by atoms with van der Waals surface area (Å²) in [5.74, 6) is 0. The van der Waals surface area contributed by atoms with Crippen molar-refractivity contribution in [2.75, 3.05) is 6.54 Å². The van der Waals surface area contributed by atoms with Gasteiger partial charge in [0.25, 0.3) is 0 Å². The van der Waals surface area contributed by atoms with Crippen LogP contribution >= 0.6 is 0 Å². The Hall–Kier alpha value is -2.57. The minimum absolute atomic E-state index is 0.467. The number of nitrogens with zero attached hydrogens (tertiary/aromatic N) is 4. The predicted octanol–water partition coefficient (Wildman–Crippen LogP) is 1.70. The van der Waals surface area contributed by atoms with Crippen molar-refractivity contribution in [3.05, 3.63) is 66.4 Å². The summed E-state index contributed by atoms with van der Waals surface area (Å²) >= 11 is 0. The van der Waals surface area contributed by atoms with Crippen LogP contribution in [0.2, 0.25) is 0 Å². The highest BCUT2D eigenvalue weighted by Gasteiger charge is 2.11. The van der Waals surface area contributed by atoms with Gasteiger partial charge in [0, 0.05) is 62.2 Å². The number of hydrogen-bond donors (Lipinski definition) is 2. The average Bonchev–Trinajstić information content (AvgIpc) is 2.97. The summed E-state index contributed by atoms with van der Waals surface area (Å²) in [6, 6.07) is 7.52. The molecular weight excluding hydrogens is 290 g/mol. The fourth-order valence-electron chi connectivity index (χ4n) is 2.47. The van der Waals surface area contributed by atoms with Gasteiger partial charge in [-0.2, -0.15) is 5.10 Å². The Morgan fingerprint density at radius 3 is 2.43 bits per heavy atom. The first kappa shape index (κ1) is 15.3. The Morgan fingerprint density at radius 1 is 1.09 bits per heavy atom. The second kappa shape index (κ2) is 7.13. The highest BCUT2D eigenvalue weighted by molar-refractivity contribution is 5.61. The molecular formula is C17H19N5O. The smallest absolute Gasteiger partial charge is 0.0969 e. The largest absolute Gasteiger partial charge is 0.387 e. The molecule has 0 fully saturated rings. The third-order valence-electron chi connectivity index (χ3n) is 3.60. The average molecular weight is 309 g/mol. The van der Waals surface area contributed by atoms with Crippen molar-refractivity contribution >= 4 is 0 Å². The first-order valence-corrected chi connectivity index (χ1v) is 7.45. The predicted molar refractivity (Wildman–Crippen MR) is 87.3 cm³/mol. The van der Waals surface area contributed by atoms with Crippen LogP contribution in [-0.2, 0) is 13.6 Å². The van der Waals surface area contributed by atoms with Crippen molar-refractivity contribution in [2.45, 2.75) is 12.6 Å². The topological polar surface area (TPSA) is 75.9 Å². The molecule has 6 nitrogen and oxygen atoms in total. The van der Waals surface area contributed by atoms with Gasteiger partial charge in [-0.25, -0.2) is 0 Å². The third kappa shape index (κ3) is 3.80. The van der Waals surface area contributed by atoms with E-state index in [2.05, 4.69) is 20.4 Å². The van der Waals surface area contributed by atoms with Crippen molar-refractivity contribution < 1.29 is 5.11 Å². The molecule has 3 aromatic rings. The second-order valence-corrected chi connectivity index (χ2v) is 5.34. The fourth-order valence-corrected chi connectivity index (χ4v) is 2.47. The standard InChI is InChI=1S/C17H19N5O/c1-22-12-15(17(21-22)14-4-8-19-9-5-14)10-20-11-16(23)13-2-6-18-7-3-13/h2-9,12,16,20,23H,10-11H2,1H3. The van der Waals surface area contributed by atoms with Crippen LogP contribution in [0.25, 0.3) is 11.3 Å². The minimum atomic E-state index is -0.556. The number of aliphatic hydroxyl groups excluding tert-OH is 1. The SMILES string of the molecule is Cn1cc(CNCC(O)c2ccncc2)c(-c2ccncc2)n1. The monoisotopic (exact) mass is 309 g/mol. The maximum absolute atomic E-state index is 10.2. The molecule has 0 saturated heterocycles. The van der Waals surface area contributed by atoms with Crippen LogP contribution in [0.3, 0.4) is 0 Å². The van der Waals surface area contributed by atoms with Gasteiger partial charge in [-0.3, -0.25) is 14.6 Å². The van der Waals surface area contributed by atoms with Crippen molar-refractivity contribution in [1.82, 2.24) is 25.1 Å². The number of hydrogen-bond acceptors (Lipinski definition) is 5. The number of nitrogens with one attached hydrogen (secondary N) is 1. The zero-order valence-corrected chi connectivity index (χ0v) is 12.9. The van der Waals surface area contributed by atoms with Gasteiger partial charge in [-0.1, -0.05) is 0 Å². The number of pyridine rings is 2. The van der Waals surface area contributed by atoms with Crippen LogP contribution in [0.4, 0.5) is 0 Å². The van der Waals surface area contributed by atoms with E-state index >= 15 is 0 Å². The highest BCUT2D eigenvalue weighted by Crippen LogP contribution is 2.21. The second-order valence-electron chi connectivity index (χ2n) is 5.34. The Kier molecular flexibility index (Phi) is 4.75. The summed E-state index contributed by atoms with van der Waals surface area (Å²) in [5, 5.41) is 18.0. The van der Waals surface area contributed by atoms with Gasteiger partial charge in [-0.05, 0) is 29.8 Å². The lowest BCUT2D eigenvalue weighted by Crippen LogP contribution is -2.21. The van der Waals surface area contributed by atoms with Crippen molar-refractivity contribution in [3.63, 3.8) is 0 Å². The number of aromatic nitrogens is 4. The molecule has 0 amide bonds. The molecule has 0 saturated carbocycles. The van der Waals surface area contributed by atoms with Crippen LogP contribution in [0.15, 0.2) is 55.2 Å². The molecule has 6 heteroatoms. The van der Waals surface area contributed by atoms with Gasteiger partial charge >= 0.3 is 0 Å². The van der Waals surface area contributed by atoms with Gasteiger partial charge in [0.2, 0.25) is 0 Å². The fraction of sp³-hybridized carbons (Fsp3) is 0.235. The molecule has 0 aromatic carbocycles. The van der Waals surface area contributed by atoms with E-state index in [0.29, 0.717) is 13.1 Å². The van der Waals surface area contributed by atoms with E-state index < -0.39 is 6.10 Å². The molecule has 0 aliphatic heterocycles. The number of aryl methyl sites for hydroxylation is 1. The lowest BCUT2D eigenvalue weighted by atomic mass is 10.1. The molecule has 118 valence electrons. The molecule has 3 heterocycles. The summed E-state index contributed by atoms with van der Waals surface area (Å²) < 4.78 is 1.80. The van der Waals surface area contributed by atoms with E-state index in [0.717, 1.165) is 22.4 Å². The van der Waals surface area contributed by atoms with Crippen LogP contribution < -0.4 is 5.32 Å². The number of rotatable bonds is 6. The molecule has 1 unspecified atom stereocenters. The van der Waals surface area contributed by atoms with Crippen LogP contribution in [-0.4, -0.2) is 31.4 Å². The first-order chi connectivity index (χ1) is 11.2. The molecule has 3 aromatic heterocycles. The van der Waals surface area contributed by atoms with Crippen molar-refractivity contribution in [1.29, 1.82) is 0 Å². The normalized spacial score (nSPS) is 12.3. The molecule has 0 aliphatic carbocycles. The molecule has 1 atom stereocenters. The van der Waals surface area contributed by atoms with E-state index in [4.69, 9.17) is 0 Å². The quantitative estimate of drug-likeness (QED) is 0.725. The molecule has 2 N–H and O–H groups in total.